The smallest absolute Gasteiger partial charge is 0.214 e. The molecule has 1 N–H and O–H groups in total. The molecule has 0 saturated heterocycles. The third-order valence-corrected chi connectivity index (χ3v) is 3.92. The van der Waals surface area contributed by atoms with Gasteiger partial charge in [-0.1, -0.05) is 18.2 Å². The second kappa shape index (κ2) is 7.36. The van der Waals surface area contributed by atoms with E-state index in [4.69, 9.17) is 4.74 Å². The average Bonchev–Trinajstić information content (AvgIpc) is 2.61. The van der Waals surface area contributed by atoms with E-state index < -0.39 is 5.82 Å². The number of pyridine rings is 1. The first-order valence-corrected chi connectivity index (χ1v) is 7.93. The summed E-state index contributed by atoms with van der Waals surface area (Å²) in [5.74, 6) is -0.308. The van der Waals surface area contributed by atoms with E-state index in [2.05, 4.69) is 16.4 Å². The molecule has 2 heterocycles. The van der Waals surface area contributed by atoms with Gasteiger partial charge in [-0.05, 0) is 49.2 Å². The fraction of sp³-hybridized carbons (Fsp3) is 0.263. The van der Waals surface area contributed by atoms with E-state index in [1.165, 1.54) is 24.6 Å². The lowest BCUT2D eigenvalue weighted by Gasteiger charge is -2.14. The molecule has 0 radical (unpaired) electrons. The number of aromatic nitrogens is 1. The molecule has 0 bridgehead atoms. The molecule has 1 aromatic carbocycles. The Morgan fingerprint density at radius 1 is 1.33 bits per heavy atom. The Balaban J connectivity index is 1.69. The predicted octanol–water partition coefficient (Wildman–Crippen LogP) is 3.38. The molecule has 1 aliphatic heterocycles. The maximum absolute atomic E-state index is 13.8. The number of rotatable bonds is 5. The Morgan fingerprint density at radius 3 is 2.92 bits per heavy atom. The number of ketones is 1. The molecular weight excluding hydrogens is 307 g/mol. The third-order valence-electron chi connectivity index (χ3n) is 3.92. The first-order chi connectivity index (χ1) is 11.6. The average molecular weight is 326 g/mol. The van der Waals surface area contributed by atoms with Crippen LogP contribution in [0.15, 0.2) is 42.5 Å². The van der Waals surface area contributed by atoms with Crippen LogP contribution in [0.4, 0.5) is 4.39 Å². The Hall–Kier alpha value is -2.53. The van der Waals surface area contributed by atoms with Crippen LogP contribution in [0.1, 0.15) is 35.0 Å². The van der Waals surface area contributed by atoms with Crippen molar-refractivity contribution in [3.8, 4) is 5.88 Å². The van der Waals surface area contributed by atoms with Gasteiger partial charge < -0.3 is 10.1 Å². The summed E-state index contributed by atoms with van der Waals surface area (Å²) in [6.45, 7) is 3.34. The molecule has 0 unspecified atom stereocenters. The van der Waals surface area contributed by atoms with Gasteiger partial charge in [-0.25, -0.2) is 9.37 Å². The lowest BCUT2D eigenvalue weighted by Crippen LogP contribution is -2.20. The minimum Gasteiger partial charge on any atom is -0.473 e. The van der Waals surface area contributed by atoms with Crippen molar-refractivity contribution in [1.82, 2.24) is 10.3 Å². The van der Waals surface area contributed by atoms with Crippen molar-refractivity contribution in [1.29, 1.82) is 0 Å². The van der Waals surface area contributed by atoms with Gasteiger partial charge in [0.2, 0.25) is 5.88 Å². The van der Waals surface area contributed by atoms with E-state index in [9.17, 15) is 9.18 Å². The van der Waals surface area contributed by atoms with Gasteiger partial charge in [0.15, 0.2) is 5.78 Å². The van der Waals surface area contributed by atoms with E-state index in [-0.39, 0.29) is 18.0 Å². The minimum atomic E-state index is -0.523. The van der Waals surface area contributed by atoms with Crippen molar-refractivity contribution in [3.05, 3.63) is 65.1 Å². The molecule has 5 heteroatoms. The molecule has 124 valence electrons. The zero-order valence-electron chi connectivity index (χ0n) is 13.5. The first kappa shape index (κ1) is 16.3. The van der Waals surface area contributed by atoms with Gasteiger partial charge in [-0.15, -0.1) is 0 Å². The van der Waals surface area contributed by atoms with Crippen LogP contribution in [-0.4, -0.2) is 23.9 Å². The quantitative estimate of drug-likeness (QED) is 0.856. The Morgan fingerprint density at radius 2 is 2.21 bits per heavy atom. The predicted molar refractivity (Wildman–Crippen MR) is 90.4 cm³/mol. The molecule has 2 aromatic rings. The molecule has 0 saturated carbocycles. The Labute approximate surface area is 140 Å². The summed E-state index contributed by atoms with van der Waals surface area (Å²) in [5.41, 5.74) is 2.87. The van der Waals surface area contributed by atoms with Gasteiger partial charge in [-0.3, -0.25) is 4.79 Å². The van der Waals surface area contributed by atoms with Crippen LogP contribution < -0.4 is 10.1 Å². The van der Waals surface area contributed by atoms with Crippen molar-refractivity contribution in [3.63, 3.8) is 0 Å². The fourth-order valence-electron chi connectivity index (χ4n) is 2.62. The van der Waals surface area contributed by atoms with Gasteiger partial charge in [0, 0.05) is 12.6 Å². The summed E-state index contributed by atoms with van der Waals surface area (Å²) in [7, 11) is 0. The van der Waals surface area contributed by atoms with Crippen molar-refractivity contribution in [2.45, 2.75) is 20.0 Å². The van der Waals surface area contributed by atoms with Gasteiger partial charge in [0.25, 0.3) is 0 Å². The van der Waals surface area contributed by atoms with E-state index in [0.717, 1.165) is 25.2 Å². The maximum Gasteiger partial charge on any atom is 0.214 e. The van der Waals surface area contributed by atoms with Crippen LogP contribution in [-0.2, 0) is 6.61 Å². The third kappa shape index (κ3) is 3.86. The number of Topliss-reactive ketones (excluding diaryl/α,β-unsaturated/α-hetero) is 1. The number of nitrogens with one attached hydrogen (secondary N) is 1. The van der Waals surface area contributed by atoms with Crippen molar-refractivity contribution < 1.29 is 13.9 Å². The van der Waals surface area contributed by atoms with E-state index in [0.29, 0.717) is 11.4 Å². The minimum absolute atomic E-state index is 0.0942. The second-order valence-electron chi connectivity index (χ2n) is 5.70. The zero-order valence-corrected chi connectivity index (χ0v) is 13.5. The fourth-order valence-corrected chi connectivity index (χ4v) is 2.62. The number of carbonyl (C=O) groups is 1. The highest BCUT2D eigenvalue weighted by Crippen LogP contribution is 2.21. The molecule has 0 spiro atoms. The topological polar surface area (TPSA) is 51.2 Å². The number of hydrogen-bond donors (Lipinski definition) is 1. The summed E-state index contributed by atoms with van der Waals surface area (Å²) in [6.07, 6.45) is 3.07. The van der Waals surface area contributed by atoms with E-state index in [1.54, 1.807) is 12.1 Å². The molecule has 4 nitrogen and oxygen atoms in total. The monoisotopic (exact) mass is 326 g/mol. The highest BCUT2D eigenvalue weighted by atomic mass is 19.1. The van der Waals surface area contributed by atoms with Gasteiger partial charge in [0.1, 0.15) is 12.4 Å². The summed E-state index contributed by atoms with van der Waals surface area (Å²) in [4.78, 5) is 15.8. The molecule has 0 amide bonds. The Kier molecular flexibility index (Phi) is 5.01. The van der Waals surface area contributed by atoms with Gasteiger partial charge >= 0.3 is 0 Å². The SMILES string of the molecule is CC(=O)c1ccc(COc2cccc(C3=CCNCC3)n2)cc1F. The number of benzene rings is 1. The number of ether oxygens (including phenoxy) is 1. The molecule has 24 heavy (non-hydrogen) atoms. The maximum atomic E-state index is 13.8. The second-order valence-corrected chi connectivity index (χ2v) is 5.70. The summed E-state index contributed by atoms with van der Waals surface area (Å²) >= 11 is 0. The molecule has 1 aliphatic rings. The number of halogens is 1. The number of hydrogen-bond acceptors (Lipinski definition) is 4. The van der Waals surface area contributed by atoms with E-state index >= 15 is 0 Å². The van der Waals surface area contributed by atoms with Crippen LogP contribution in [0.25, 0.3) is 5.57 Å². The largest absolute Gasteiger partial charge is 0.473 e. The highest BCUT2D eigenvalue weighted by Gasteiger charge is 2.10. The van der Waals surface area contributed by atoms with Crippen LogP contribution in [0.5, 0.6) is 5.88 Å². The van der Waals surface area contributed by atoms with Crippen LogP contribution >= 0.6 is 0 Å². The molecule has 0 fully saturated rings. The molecular formula is C19H19FN2O2. The molecule has 0 atom stereocenters. The van der Waals surface area contributed by atoms with Gasteiger partial charge in [-0.2, -0.15) is 0 Å². The van der Waals surface area contributed by atoms with Crippen molar-refractivity contribution >= 4 is 11.4 Å². The summed E-state index contributed by atoms with van der Waals surface area (Å²) in [6, 6.07) is 10.2. The van der Waals surface area contributed by atoms with Crippen molar-refractivity contribution in [2.75, 3.05) is 13.1 Å². The van der Waals surface area contributed by atoms with Crippen molar-refractivity contribution in [2.24, 2.45) is 0 Å². The van der Waals surface area contributed by atoms with Crippen LogP contribution in [0.2, 0.25) is 0 Å². The normalized spacial score (nSPS) is 14.2. The summed E-state index contributed by atoms with van der Waals surface area (Å²) < 4.78 is 19.5. The lowest BCUT2D eigenvalue weighted by atomic mass is 10.1. The van der Waals surface area contributed by atoms with Crippen LogP contribution in [0, 0.1) is 5.82 Å². The number of carbonyl (C=O) groups excluding carboxylic acids is 1. The van der Waals surface area contributed by atoms with Gasteiger partial charge in [0.05, 0.1) is 11.3 Å². The highest BCUT2D eigenvalue weighted by molar-refractivity contribution is 5.94. The molecule has 1 aromatic heterocycles. The summed E-state index contributed by atoms with van der Waals surface area (Å²) in [5, 5.41) is 3.27. The molecule has 3 rings (SSSR count). The van der Waals surface area contributed by atoms with E-state index in [1.807, 2.05) is 12.1 Å². The lowest BCUT2D eigenvalue weighted by molar-refractivity contribution is 0.101. The van der Waals surface area contributed by atoms with Crippen LogP contribution in [0.3, 0.4) is 0 Å². The number of nitrogens with zero attached hydrogens (tertiary/aromatic N) is 1. The first-order valence-electron chi connectivity index (χ1n) is 7.93. The molecule has 0 aliphatic carbocycles. The Bertz CT molecular complexity index is 787. The zero-order chi connectivity index (χ0) is 16.9. The standard InChI is InChI=1S/C19H19FN2O2/c1-13(23)16-6-5-14(11-17(16)20)12-24-19-4-2-3-18(22-19)15-7-9-21-10-8-15/h2-7,11,21H,8-10,12H2,1H3.